The largest absolute Gasteiger partial charge is 0.339 e. The molecule has 2 amide bonds. The maximum Gasteiger partial charge on any atom is 0.253 e. The van der Waals surface area contributed by atoms with Gasteiger partial charge in [-0.3, -0.25) is 14.2 Å². The van der Waals surface area contributed by atoms with E-state index in [1.807, 2.05) is 0 Å². The number of carbonyl (C=O) groups is 2. The maximum absolute atomic E-state index is 12.9. The number of nitrogens with one attached hydrogen (secondary N) is 2. The Morgan fingerprint density at radius 2 is 1.27 bits per heavy atom. The SMILES string of the molecule is O=C(NC(c1ncnc2c1ncn2C(NC(=O)c1ccccc1)C(Cl)(Cl)Cl)C(Cl)(Cl)Cl)c1ccccc1. The molecule has 0 saturated carbocycles. The Balaban J connectivity index is 1.74. The fourth-order valence-electron chi connectivity index (χ4n) is 3.49. The van der Waals surface area contributed by atoms with E-state index in [1.165, 1.54) is 17.2 Å². The van der Waals surface area contributed by atoms with Gasteiger partial charge in [-0.1, -0.05) is 106 Å². The van der Waals surface area contributed by atoms with Crippen molar-refractivity contribution in [3.63, 3.8) is 0 Å². The number of benzene rings is 2. The number of aromatic nitrogens is 4. The van der Waals surface area contributed by atoms with Gasteiger partial charge >= 0.3 is 0 Å². The summed E-state index contributed by atoms with van der Waals surface area (Å²) < 4.78 is -2.69. The molecule has 0 spiro atoms. The van der Waals surface area contributed by atoms with Gasteiger partial charge in [-0.2, -0.15) is 0 Å². The molecule has 0 fully saturated rings. The highest BCUT2D eigenvalue weighted by atomic mass is 35.6. The van der Waals surface area contributed by atoms with E-state index in [2.05, 4.69) is 25.6 Å². The molecule has 2 aromatic carbocycles. The maximum atomic E-state index is 12.9. The van der Waals surface area contributed by atoms with Gasteiger partial charge in [0, 0.05) is 11.1 Å². The van der Waals surface area contributed by atoms with E-state index in [0.29, 0.717) is 11.1 Å². The summed E-state index contributed by atoms with van der Waals surface area (Å²) in [5.74, 6) is -1.00. The van der Waals surface area contributed by atoms with Crippen LogP contribution < -0.4 is 10.6 Å². The van der Waals surface area contributed by atoms with Crippen molar-refractivity contribution in [2.24, 2.45) is 0 Å². The van der Waals surface area contributed by atoms with Crippen molar-refractivity contribution in [1.29, 1.82) is 0 Å². The molecule has 2 heterocycles. The number of halogens is 6. The third kappa shape index (κ3) is 6.39. The quantitative estimate of drug-likeness (QED) is 0.259. The molecule has 0 radical (unpaired) electrons. The standard InChI is InChI=1S/C23H16Cl6N6O2/c24-22(25,26)17(33-19(36)13-7-3-1-4-8-13)15-16-18(31-11-30-15)35(12-32-16)21(23(27,28)29)34-20(37)14-9-5-2-6-10-14/h1-12,17,21H,(H,33,36)(H,34,37). The van der Waals surface area contributed by atoms with Crippen molar-refractivity contribution in [1.82, 2.24) is 30.2 Å². The Labute approximate surface area is 241 Å². The molecule has 4 aromatic rings. The van der Waals surface area contributed by atoms with Gasteiger partial charge in [-0.15, -0.1) is 0 Å². The van der Waals surface area contributed by atoms with Crippen LogP contribution >= 0.6 is 69.6 Å². The monoisotopic (exact) mass is 618 g/mol. The van der Waals surface area contributed by atoms with Crippen molar-refractivity contribution >= 4 is 92.6 Å². The first kappa shape index (κ1) is 27.7. The summed E-state index contributed by atoms with van der Waals surface area (Å²) in [4.78, 5) is 38.5. The molecule has 0 aliphatic rings. The van der Waals surface area contributed by atoms with Crippen molar-refractivity contribution in [3.05, 3.63) is 90.1 Å². The van der Waals surface area contributed by atoms with Crippen molar-refractivity contribution in [3.8, 4) is 0 Å². The van der Waals surface area contributed by atoms with Crippen molar-refractivity contribution in [2.45, 2.75) is 19.8 Å². The summed E-state index contributed by atoms with van der Waals surface area (Å²) >= 11 is 37.4. The molecule has 192 valence electrons. The number of fused-ring (bicyclic) bond motifs is 1. The Morgan fingerprint density at radius 3 is 1.78 bits per heavy atom. The van der Waals surface area contributed by atoms with Crippen LogP contribution in [0.2, 0.25) is 0 Å². The molecule has 2 unspecified atom stereocenters. The first-order valence-corrected chi connectivity index (χ1v) is 12.8. The van der Waals surface area contributed by atoms with E-state index in [4.69, 9.17) is 69.6 Å². The highest BCUT2D eigenvalue weighted by Crippen LogP contribution is 2.42. The molecule has 4 rings (SSSR count). The number of carbonyl (C=O) groups excluding carboxylic acids is 2. The molecule has 2 N–H and O–H groups in total. The van der Waals surface area contributed by atoms with Crippen LogP contribution in [-0.2, 0) is 0 Å². The van der Waals surface area contributed by atoms with E-state index in [1.54, 1.807) is 60.7 Å². The first-order chi connectivity index (χ1) is 17.5. The van der Waals surface area contributed by atoms with E-state index in [0.717, 1.165) is 0 Å². The highest BCUT2D eigenvalue weighted by Gasteiger charge is 2.40. The van der Waals surface area contributed by atoms with E-state index >= 15 is 0 Å². The van der Waals surface area contributed by atoms with E-state index in [-0.39, 0.29) is 16.9 Å². The molecule has 2 aromatic heterocycles. The second-order valence-corrected chi connectivity index (χ2v) is 12.4. The van der Waals surface area contributed by atoms with Gasteiger partial charge in [0.1, 0.15) is 17.9 Å². The molecule has 0 aliphatic heterocycles. The van der Waals surface area contributed by atoms with Gasteiger partial charge in [0.15, 0.2) is 11.8 Å². The Morgan fingerprint density at radius 1 is 0.730 bits per heavy atom. The van der Waals surface area contributed by atoms with Gasteiger partial charge < -0.3 is 10.6 Å². The van der Waals surface area contributed by atoms with Crippen LogP contribution in [0.15, 0.2) is 73.3 Å². The number of imidazole rings is 1. The smallest absolute Gasteiger partial charge is 0.253 e. The average Bonchev–Trinajstić information content (AvgIpc) is 3.29. The molecule has 8 nitrogen and oxygen atoms in total. The third-order valence-electron chi connectivity index (χ3n) is 5.19. The minimum absolute atomic E-state index is 0.102. The van der Waals surface area contributed by atoms with Crippen LogP contribution in [0.1, 0.15) is 38.6 Å². The molecule has 14 heteroatoms. The fraction of sp³-hybridized carbons (Fsp3) is 0.174. The summed E-state index contributed by atoms with van der Waals surface area (Å²) in [6.07, 6.45) is 1.25. The van der Waals surface area contributed by atoms with Crippen LogP contribution in [-0.4, -0.2) is 38.9 Å². The van der Waals surface area contributed by atoms with Crippen LogP contribution in [0.4, 0.5) is 0 Å². The zero-order valence-electron chi connectivity index (χ0n) is 18.5. The Hall–Kier alpha value is -2.33. The molecular weight excluding hydrogens is 605 g/mol. The first-order valence-electron chi connectivity index (χ1n) is 10.5. The van der Waals surface area contributed by atoms with Crippen molar-refractivity contribution < 1.29 is 9.59 Å². The zero-order chi connectivity index (χ0) is 26.8. The Kier molecular flexibility index (Phi) is 8.38. The van der Waals surface area contributed by atoms with Crippen LogP contribution in [0, 0.1) is 0 Å². The van der Waals surface area contributed by atoms with Crippen LogP contribution in [0.5, 0.6) is 0 Å². The normalized spacial score (nSPS) is 13.7. The summed E-state index contributed by atoms with van der Waals surface area (Å²) in [6.45, 7) is 0. The summed E-state index contributed by atoms with van der Waals surface area (Å²) in [7, 11) is 0. The lowest BCUT2D eigenvalue weighted by Gasteiger charge is -2.27. The number of amides is 2. The number of nitrogens with zero attached hydrogens (tertiary/aromatic N) is 4. The lowest BCUT2D eigenvalue weighted by molar-refractivity contribution is 0.0917. The lowest BCUT2D eigenvalue weighted by Crippen LogP contribution is -2.40. The minimum Gasteiger partial charge on any atom is -0.339 e. The van der Waals surface area contributed by atoms with Gasteiger partial charge in [-0.05, 0) is 24.3 Å². The average molecular weight is 621 g/mol. The summed E-state index contributed by atoms with van der Waals surface area (Å²) in [5.41, 5.74) is 1.10. The van der Waals surface area contributed by atoms with Gasteiger partial charge in [0.2, 0.25) is 7.59 Å². The second kappa shape index (κ2) is 11.2. The fourth-order valence-corrected chi connectivity index (χ4v) is 4.44. The van der Waals surface area contributed by atoms with Gasteiger partial charge in [-0.25, -0.2) is 15.0 Å². The number of rotatable bonds is 6. The third-order valence-corrected chi connectivity index (χ3v) is 6.47. The molecule has 0 saturated heterocycles. The molecule has 2 atom stereocenters. The molecule has 37 heavy (non-hydrogen) atoms. The summed E-state index contributed by atoms with van der Waals surface area (Å²) in [6, 6.07) is 15.5. The predicted octanol–water partition coefficient (Wildman–Crippen LogP) is 5.97. The topological polar surface area (TPSA) is 102 Å². The number of hydrogen-bond donors (Lipinski definition) is 2. The van der Waals surface area contributed by atoms with E-state index < -0.39 is 31.6 Å². The number of alkyl halides is 6. The number of hydrogen-bond acceptors (Lipinski definition) is 5. The van der Waals surface area contributed by atoms with Crippen molar-refractivity contribution in [2.75, 3.05) is 0 Å². The summed E-state index contributed by atoms with van der Waals surface area (Å²) in [5, 5.41) is 5.36. The van der Waals surface area contributed by atoms with E-state index in [9.17, 15) is 9.59 Å². The van der Waals surface area contributed by atoms with Gasteiger partial charge in [0.25, 0.3) is 11.8 Å². The second-order valence-electron chi connectivity index (χ2n) is 7.68. The Bertz CT molecular complexity index is 1410. The molecule has 0 aliphatic carbocycles. The van der Waals surface area contributed by atoms with Crippen LogP contribution in [0.3, 0.4) is 0 Å². The lowest BCUT2D eigenvalue weighted by atomic mass is 10.1. The minimum atomic E-state index is -2.02. The molecular formula is C23H16Cl6N6O2. The zero-order valence-corrected chi connectivity index (χ0v) is 23.0. The van der Waals surface area contributed by atoms with Crippen LogP contribution in [0.25, 0.3) is 11.2 Å². The molecule has 0 bridgehead atoms. The predicted molar refractivity (Wildman–Crippen MR) is 145 cm³/mol. The van der Waals surface area contributed by atoms with Gasteiger partial charge in [0.05, 0.1) is 12.0 Å². The highest BCUT2D eigenvalue weighted by molar-refractivity contribution is 6.68.